The van der Waals surface area contributed by atoms with Gasteiger partial charge in [0.05, 0.1) is 6.26 Å². The molecule has 0 saturated heterocycles. The smallest absolute Gasteiger partial charge is 0.485 e. The normalized spacial score (nSPS) is 8.12. The van der Waals surface area contributed by atoms with Crippen LogP contribution in [0.2, 0.25) is 0 Å². The van der Waals surface area contributed by atoms with Crippen LogP contribution in [0.4, 0.5) is 0 Å². The fourth-order valence-electron chi connectivity index (χ4n) is 0.124. The number of hydrogen-bond acceptors (Lipinski definition) is 3. The summed E-state index contributed by atoms with van der Waals surface area (Å²) in [6, 6.07) is 0. The Kier molecular flexibility index (Phi) is 11.4. The Bertz CT molecular complexity index is 92.0. The SMILES string of the molecule is CC=COC(=S)[S-].[Na+]. The number of rotatable bonds is 1. The fraction of sp³-hybridized carbons (Fsp3) is 0.250. The number of ether oxygens (including phenoxy) is 1. The summed E-state index contributed by atoms with van der Waals surface area (Å²) < 4.78 is 4.69. The van der Waals surface area contributed by atoms with E-state index < -0.39 is 0 Å². The first-order valence-electron chi connectivity index (χ1n) is 1.76. The fourth-order valence-corrected chi connectivity index (χ4v) is 0.235. The summed E-state index contributed by atoms with van der Waals surface area (Å²) in [6.07, 6.45) is 3.17. The molecule has 0 spiro atoms. The summed E-state index contributed by atoms with van der Waals surface area (Å²) in [4.78, 5) is 0. The van der Waals surface area contributed by atoms with Crippen LogP contribution in [-0.4, -0.2) is 4.38 Å². The largest absolute Gasteiger partial charge is 1.00 e. The molecule has 0 aliphatic heterocycles. The quantitative estimate of drug-likeness (QED) is 0.195. The minimum absolute atomic E-state index is 0. The van der Waals surface area contributed by atoms with Gasteiger partial charge in [-0.3, -0.25) is 0 Å². The third-order valence-corrected chi connectivity index (χ3v) is 0.493. The molecule has 0 aromatic rings. The van der Waals surface area contributed by atoms with Crippen molar-refractivity contribution < 1.29 is 34.3 Å². The van der Waals surface area contributed by atoms with E-state index >= 15 is 0 Å². The third-order valence-electron chi connectivity index (χ3n) is 0.300. The van der Waals surface area contributed by atoms with Crippen molar-refractivity contribution >= 4 is 29.2 Å². The Balaban J connectivity index is 0. The van der Waals surface area contributed by atoms with Crippen LogP contribution in [0, 0.1) is 0 Å². The van der Waals surface area contributed by atoms with E-state index in [-0.39, 0.29) is 33.9 Å². The predicted octanol–water partition coefficient (Wildman–Crippen LogP) is -1.63. The predicted molar refractivity (Wildman–Crippen MR) is 35.9 cm³/mol. The third kappa shape index (κ3) is 9.97. The van der Waals surface area contributed by atoms with E-state index in [0.717, 1.165) is 0 Å². The topological polar surface area (TPSA) is 9.23 Å². The van der Waals surface area contributed by atoms with Gasteiger partial charge in [-0.05, 0) is 6.92 Å². The van der Waals surface area contributed by atoms with Crippen LogP contribution < -0.4 is 29.6 Å². The van der Waals surface area contributed by atoms with Gasteiger partial charge < -0.3 is 29.6 Å². The summed E-state index contributed by atoms with van der Waals surface area (Å²) in [5.41, 5.74) is 0. The molecule has 0 N–H and O–H groups in total. The second-order valence-corrected chi connectivity index (χ2v) is 1.84. The molecule has 40 valence electrons. The van der Waals surface area contributed by atoms with Crippen LogP contribution in [0.15, 0.2) is 12.3 Å². The molecule has 0 atom stereocenters. The second-order valence-electron chi connectivity index (χ2n) is 0.837. The number of hydrogen-bond donors (Lipinski definition) is 0. The van der Waals surface area contributed by atoms with Gasteiger partial charge in [0.1, 0.15) is 0 Å². The van der Waals surface area contributed by atoms with Gasteiger partial charge in [0.25, 0.3) is 0 Å². The van der Waals surface area contributed by atoms with Crippen molar-refractivity contribution in [3.63, 3.8) is 0 Å². The average molecular weight is 156 g/mol. The van der Waals surface area contributed by atoms with Crippen molar-refractivity contribution in [1.82, 2.24) is 0 Å². The van der Waals surface area contributed by atoms with Crippen molar-refractivity contribution in [2.24, 2.45) is 0 Å². The number of thiocarbonyl (C=S) groups is 1. The first kappa shape index (κ1) is 11.6. The Labute approximate surface area is 82.2 Å². The molecular weight excluding hydrogens is 151 g/mol. The van der Waals surface area contributed by atoms with Crippen LogP contribution in [0.3, 0.4) is 0 Å². The standard InChI is InChI=1S/C4H6OS2.Na/c1-2-3-5-4(6)7;/h2-3H,1H3,(H,6,7);/q;+1/p-1. The van der Waals surface area contributed by atoms with E-state index in [1.807, 2.05) is 6.92 Å². The van der Waals surface area contributed by atoms with E-state index in [9.17, 15) is 0 Å². The Morgan fingerprint density at radius 3 is 2.38 bits per heavy atom. The first-order valence-corrected chi connectivity index (χ1v) is 2.58. The van der Waals surface area contributed by atoms with Crippen LogP contribution in [-0.2, 0) is 17.4 Å². The molecule has 0 unspecified atom stereocenters. The molecular formula is C4H5NaOS2. The summed E-state index contributed by atoms with van der Waals surface area (Å²) >= 11 is 8.80. The van der Waals surface area contributed by atoms with Crippen molar-refractivity contribution in [3.8, 4) is 0 Å². The molecule has 0 radical (unpaired) electrons. The molecule has 0 amide bonds. The molecule has 0 aromatic heterocycles. The molecule has 0 aliphatic carbocycles. The molecule has 0 rings (SSSR count). The second kappa shape index (κ2) is 7.85. The maximum absolute atomic E-state index is 4.56. The van der Waals surface area contributed by atoms with Crippen molar-refractivity contribution in [3.05, 3.63) is 12.3 Å². The van der Waals surface area contributed by atoms with E-state index in [1.165, 1.54) is 6.26 Å². The summed E-state index contributed by atoms with van der Waals surface area (Å²) in [5, 5.41) is 0. The van der Waals surface area contributed by atoms with E-state index in [1.54, 1.807) is 6.08 Å². The molecule has 0 aliphatic rings. The van der Waals surface area contributed by atoms with Gasteiger partial charge in [-0.25, -0.2) is 0 Å². The molecule has 0 fully saturated rings. The molecule has 0 heterocycles. The van der Waals surface area contributed by atoms with E-state index in [2.05, 4.69) is 29.6 Å². The monoisotopic (exact) mass is 156 g/mol. The van der Waals surface area contributed by atoms with Gasteiger partial charge in [-0.2, -0.15) is 0 Å². The van der Waals surface area contributed by atoms with Crippen LogP contribution in [0.25, 0.3) is 0 Å². The van der Waals surface area contributed by atoms with Gasteiger partial charge >= 0.3 is 29.6 Å². The van der Waals surface area contributed by atoms with E-state index in [0.29, 0.717) is 0 Å². The Morgan fingerprint density at radius 1 is 1.75 bits per heavy atom. The van der Waals surface area contributed by atoms with Crippen LogP contribution in [0.5, 0.6) is 0 Å². The molecule has 8 heavy (non-hydrogen) atoms. The van der Waals surface area contributed by atoms with Gasteiger partial charge in [-0.15, -0.1) is 0 Å². The van der Waals surface area contributed by atoms with E-state index in [4.69, 9.17) is 0 Å². The maximum Gasteiger partial charge on any atom is 1.00 e. The average Bonchev–Trinajstić information content (AvgIpc) is 1.61. The zero-order valence-corrected chi connectivity index (χ0v) is 8.51. The molecule has 0 bridgehead atoms. The number of allylic oxidation sites excluding steroid dienone is 1. The van der Waals surface area contributed by atoms with Crippen LogP contribution in [0.1, 0.15) is 6.92 Å². The molecule has 4 heteroatoms. The van der Waals surface area contributed by atoms with Crippen molar-refractivity contribution in [2.45, 2.75) is 6.92 Å². The zero-order chi connectivity index (χ0) is 5.70. The molecule has 0 saturated carbocycles. The Morgan fingerprint density at radius 2 is 2.25 bits per heavy atom. The van der Waals surface area contributed by atoms with Gasteiger partial charge in [-0.1, -0.05) is 6.08 Å². The maximum atomic E-state index is 4.56. The van der Waals surface area contributed by atoms with Gasteiger partial charge in [0.2, 0.25) is 0 Å². The summed E-state index contributed by atoms with van der Waals surface area (Å²) in [6.45, 7) is 1.83. The van der Waals surface area contributed by atoms with Crippen molar-refractivity contribution in [1.29, 1.82) is 0 Å². The van der Waals surface area contributed by atoms with Crippen LogP contribution >= 0.6 is 12.2 Å². The summed E-state index contributed by atoms with van der Waals surface area (Å²) in [7, 11) is 0. The minimum Gasteiger partial charge on any atom is -0.485 e. The summed E-state index contributed by atoms with van der Waals surface area (Å²) in [5.74, 6) is 0. The van der Waals surface area contributed by atoms with Gasteiger partial charge in [0, 0.05) is 4.38 Å². The van der Waals surface area contributed by atoms with Gasteiger partial charge in [0.15, 0.2) is 0 Å². The zero-order valence-electron chi connectivity index (χ0n) is 4.88. The molecule has 1 nitrogen and oxygen atoms in total. The minimum atomic E-state index is 0. The Hall–Kier alpha value is 0.850. The molecule has 0 aromatic carbocycles. The first-order chi connectivity index (χ1) is 3.27. The van der Waals surface area contributed by atoms with Crippen molar-refractivity contribution in [2.75, 3.05) is 0 Å².